The normalized spacial score (nSPS) is 17.6. The molecule has 4 nitrogen and oxygen atoms in total. The molecule has 0 radical (unpaired) electrons. The van der Waals surface area contributed by atoms with Crippen LogP contribution in [0.15, 0.2) is 21.1 Å². The Morgan fingerprint density at radius 1 is 1.20 bits per heavy atom. The molecule has 1 saturated carbocycles. The summed E-state index contributed by atoms with van der Waals surface area (Å²) >= 11 is 3.02. The molecule has 1 heterocycles. The number of aromatic nitrogens is 2. The van der Waals surface area contributed by atoms with Crippen LogP contribution < -0.4 is 5.73 Å². The third-order valence-corrected chi connectivity index (χ3v) is 4.05. The first-order valence-corrected chi connectivity index (χ1v) is 7.07. The van der Waals surface area contributed by atoms with Gasteiger partial charge in [0.05, 0.1) is 5.54 Å². The van der Waals surface area contributed by atoms with Crippen molar-refractivity contribution in [1.29, 1.82) is 0 Å². The van der Waals surface area contributed by atoms with Crippen molar-refractivity contribution in [3.63, 3.8) is 0 Å². The highest BCUT2D eigenvalue weighted by molar-refractivity contribution is 9.10. The fourth-order valence-electron chi connectivity index (χ4n) is 2.50. The van der Waals surface area contributed by atoms with E-state index in [4.69, 9.17) is 10.3 Å². The summed E-state index contributed by atoms with van der Waals surface area (Å²) in [5.41, 5.74) is 5.22. The van der Waals surface area contributed by atoms with Gasteiger partial charge < -0.3 is 10.3 Å². The van der Waals surface area contributed by atoms with Crippen molar-refractivity contribution < 1.29 is 13.3 Å². The molecule has 2 N–H and O–H groups in total. The average molecular weight is 344 g/mol. The number of nitrogens with two attached hydrogens (primary N) is 1. The van der Waals surface area contributed by atoms with Gasteiger partial charge in [0.25, 0.3) is 5.89 Å². The SMILES string of the molecule is NC1(c2noc(-c3c(F)cc(Br)cc3F)n2)CCCC1. The molecule has 1 aromatic carbocycles. The maximum absolute atomic E-state index is 13.8. The molecule has 7 heteroatoms. The molecule has 0 atom stereocenters. The Balaban J connectivity index is 2.03. The van der Waals surface area contributed by atoms with Gasteiger partial charge in [-0.2, -0.15) is 4.98 Å². The third-order valence-electron chi connectivity index (χ3n) is 3.59. The second-order valence-electron chi connectivity index (χ2n) is 5.03. The van der Waals surface area contributed by atoms with Gasteiger partial charge in [-0.15, -0.1) is 0 Å². The zero-order valence-electron chi connectivity index (χ0n) is 10.5. The first-order chi connectivity index (χ1) is 9.49. The lowest BCUT2D eigenvalue weighted by atomic mass is 9.99. The molecule has 2 aromatic rings. The lowest BCUT2D eigenvalue weighted by molar-refractivity contribution is 0.371. The summed E-state index contributed by atoms with van der Waals surface area (Å²) in [5, 5.41) is 3.79. The Labute approximate surface area is 122 Å². The minimum atomic E-state index is -0.760. The zero-order chi connectivity index (χ0) is 14.3. The topological polar surface area (TPSA) is 64.9 Å². The number of halogens is 3. The molecule has 1 aliphatic rings. The smallest absolute Gasteiger partial charge is 0.263 e. The number of hydrogen-bond donors (Lipinski definition) is 1. The lowest BCUT2D eigenvalue weighted by Gasteiger charge is -2.17. The quantitative estimate of drug-likeness (QED) is 0.906. The predicted molar refractivity (Wildman–Crippen MR) is 71.7 cm³/mol. The van der Waals surface area contributed by atoms with Gasteiger partial charge in [-0.05, 0) is 25.0 Å². The van der Waals surface area contributed by atoms with Crippen molar-refractivity contribution in [3.05, 3.63) is 34.1 Å². The fraction of sp³-hybridized carbons (Fsp3) is 0.385. The second-order valence-corrected chi connectivity index (χ2v) is 5.95. The van der Waals surface area contributed by atoms with Gasteiger partial charge in [-0.25, -0.2) is 8.78 Å². The highest BCUT2D eigenvalue weighted by Crippen LogP contribution is 2.36. The first kappa shape index (κ1) is 13.6. The molecular formula is C13H12BrF2N3O. The third kappa shape index (κ3) is 2.25. The van der Waals surface area contributed by atoms with Crippen LogP contribution in [-0.2, 0) is 5.54 Å². The van der Waals surface area contributed by atoms with Crippen LogP contribution in [0.1, 0.15) is 31.5 Å². The highest BCUT2D eigenvalue weighted by Gasteiger charge is 2.36. The Kier molecular flexibility index (Phi) is 3.33. The molecule has 0 aliphatic heterocycles. The largest absolute Gasteiger partial charge is 0.334 e. The van der Waals surface area contributed by atoms with Gasteiger partial charge in [0.1, 0.15) is 17.2 Å². The maximum Gasteiger partial charge on any atom is 0.263 e. The average Bonchev–Trinajstić information content (AvgIpc) is 2.98. The molecule has 0 amide bonds. The molecule has 1 aliphatic carbocycles. The Morgan fingerprint density at radius 3 is 2.40 bits per heavy atom. The number of benzene rings is 1. The fourth-order valence-corrected chi connectivity index (χ4v) is 2.91. The van der Waals surface area contributed by atoms with Crippen molar-refractivity contribution in [2.75, 3.05) is 0 Å². The van der Waals surface area contributed by atoms with E-state index < -0.39 is 17.2 Å². The summed E-state index contributed by atoms with van der Waals surface area (Å²) in [6, 6.07) is 2.30. The van der Waals surface area contributed by atoms with E-state index in [0.717, 1.165) is 37.8 Å². The van der Waals surface area contributed by atoms with E-state index in [1.807, 2.05) is 0 Å². The molecule has 0 bridgehead atoms. The second kappa shape index (κ2) is 4.89. The lowest BCUT2D eigenvalue weighted by Crippen LogP contribution is -2.34. The highest BCUT2D eigenvalue weighted by atomic mass is 79.9. The minimum Gasteiger partial charge on any atom is -0.334 e. The molecule has 3 rings (SSSR count). The Bertz CT molecular complexity index is 630. The van der Waals surface area contributed by atoms with E-state index in [2.05, 4.69) is 26.1 Å². The summed E-state index contributed by atoms with van der Waals surface area (Å²) in [6.45, 7) is 0. The van der Waals surface area contributed by atoms with Crippen molar-refractivity contribution in [2.45, 2.75) is 31.2 Å². The molecule has 1 aromatic heterocycles. The van der Waals surface area contributed by atoms with E-state index in [1.165, 1.54) is 0 Å². The number of rotatable bonds is 2. The molecule has 1 fully saturated rings. The summed E-state index contributed by atoms with van der Waals surface area (Å²) in [5.74, 6) is -1.39. The number of hydrogen-bond acceptors (Lipinski definition) is 4. The molecule has 106 valence electrons. The molecular weight excluding hydrogens is 332 g/mol. The van der Waals surface area contributed by atoms with Crippen LogP contribution in [0.3, 0.4) is 0 Å². The molecule has 0 unspecified atom stereocenters. The summed E-state index contributed by atoms with van der Waals surface area (Å²) in [6.07, 6.45) is 3.47. The van der Waals surface area contributed by atoms with Gasteiger partial charge in [0, 0.05) is 4.47 Å². The number of nitrogens with zero attached hydrogens (tertiary/aromatic N) is 2. The van der Waals surface area contributed by atoms with Crippen molar-refractivity contribution in [1.82, 2.24) is 10.1 Å². The monoisotopic (exact) mass is 343 g/mol. The maximum atomic E-state index is 13.8. The van der Waals surface area contributed by atoms with Crippen LogP contribution in [0.5, 0.6) is 0 Å². The zero-order valence-corrected chi connectivity index (χ0v) is 12.1. The van der Waals surface area contributed by atoms with E-state index in [0.29, 0.717) is 10.3 Å². The van der Waals surface area contributed by atoms with Crippen LogP contribution in [0, 0.1) is 11.6 Å². The van der Waals surface area contributed by atoms with E-state index in [1.54, 1.807) is 0 Å². The molecule has 20 heavy (non-hydrogen) atoms. The van der Waals surface area contributed by atoms with E-state index in [9.17, 15) is 8.78 Å². The van der Waals surface area contributed by atoms with Crippen molar-refractivity contribution in [2.24, 2.45) is 5.73 Å². The van der Waals surface area contributed by atoms with Gasteiger partial charge >= 0.3 is 0 Å². The van der Waals surface area contributed by atoms with Gasteiger partial charge in [-0.3, -0.25) is 0 Å². The Hall–Kier alpha value is -1.34. The standard InChI is InChI=1S/C13H12BrF2N3O/c14-7-5-8(15)10(9(16)6-7)11-18-12(19-20-11)13(17)3-1-2-4-13/h5-6H,1-4,17H2. The van der Waals surface area contributed by atoms with Crippen LogP contribution in [0.4, 0.5) is 8.78 Å². The van der Waals surface area contributed by atoms with Crippen molar-refractivity contribution >= 4 is 15.9 Å². The molecule has 0 spiro atoms. The molecule has 0 saturated heterocycles. The first-order valence-electron chi connectivity index (χ1n) is 6.27. The van der Waals surface area contributed by atoms with Crippen LogP contribution in [0.25, 0.3) is 11.5 Å². The van der Waals surface area contributed by atoms with Crippen LogP contribution >= 0.6 is 15.9 Å². The van der Waals surface area contributed by atoms with Gasteiger partial charge in [0.2, 0.25) is 0 Å². The summed E-state index contributed by atoms with van der Waals surface area (Å²) in [4.78, 5) is 4.09. The van der Waals surface area contributed by atoms with E-state index in [-0.39, 0.29) is 11.5 Å². The summed E-state index contributed by atoms with van der Waals surface area (Å²) in [7, 11) is 0. The minimum absolute atomic E-state index is 0.181. The van der Waals surface area contributed by atoms with Crippen LogP contribution in [0.2, 0.25) is 0 Å². The van der Waals surface area contributed by atoms with Gasteiger partial charge in [-0.1, -0.05) is 33.9 Å². The van der Waals surface area contributed by atoms with Crippen LogP contribution in [-0.4, -0.2) is 10.1 Å². The Morgan fingerprint density at radius 2 is 1.80 bits per heavy atom. The van der Waals surface area contributed by atoms with Gasteiger partial charge in [0.15, 0.2) is 5.82 Å². The van der Waals surface area contributed by atoms with E-state index >= 15 is 0 Å². The van der Waals surface area contributed by atoms with Crippen molar-refractivity contribution in [3.8, 4) is 11.5 Å². The summed E-state index contributed by atoms with van der Waals surface area (Å²) < 4.78 is 33.0. The predicted octanol–water partition coefficient (Wildman–Crippen LogP) is 3.51.